The van der Waals surface area contributed by atoms with Gasteiger partial charge in [0.25, 0.3) is 0 Å². The number of benzene rings is 2. The predicted octanol–water partition coefficient (Wildman–Crippen LogP) is 2.80. The Kier molecular flexibility index (Phi) is 5.87. The third-order valence-corrected chi connectivity index (χ3v) is 3.78. The molecule has 0 saturated heterocycles. The molecule has 0 aromatic heterocycles. The van der Waals surface area contributed by atoms with E-state index in [1.54, 1.807) is 0 Å². The van der Waals surface area contributed by atoms with E-state index in [-0.39, 0.29) is 0 Å². The highest BCUT2D eigenvalue weighted by molar-refractivity contribution is 5.96. The molecule has 2 amide bonds. The van der Waals surface area contributed by atoms with Crippen molar-refractivity contribution in [1.82, 2.24) is 0 Å². The van der Waals surface area contributed by atoms with Crippen LogP contribution in [0, 0.1) is 27.7 Å². The highest BCUT2D eigenvalue weighted by Gasteiger charge is 2.02. The molecule has 2 aromatic carbocycles. The van der Waals surface area contributed by atoms with Gasteiger partial charge >= 0.3 is 0 Å². The number of hydrogen-bond acceptors (Lipinski definition) is 2. The number of carbonyl (C=O) groups is 2. The fourth-order valence-corrected chi connectivity index (χ4v) is 1.89. The van der Waals surface area contributed by atoms with Crippen LogP contribution in [0.15, 0.2) is 36.4 Å². The SMILES string of the molecule is Cc1ccc(C)c(C)c1C.NC(=O)c1ccc(C(N)=O)cc1. The fraction of sp³-hybridized carbons (Fsp3) is 0.222. The lowest BCUT2D eigenvalue weighted by Crippen LogP contribution is -2.13. The number of primary amides is 2. The van der Waals surface area contributed by atoms with Crippen LogP contribution in [0.25, 0.3) is 0 Å². The van der Waals surface area contributed by atoms with Crippen LogP contribution >= 0.6 is 0 Å². The Hall–Kier alpha value is -2.62. The lowest BCUT2D eigenvalue weighted by molar-refractivity contribution is 0.0988. The molecule has 0 aliphatic rings. The van der Waals surface area contributed by atoms with Gasteiger partial charge in [0, 0.05) is 11.1 Å². The zero-order valence-corrected chi connectivity index (χ0v) is 13.4. The van der Waals surface area contributed by atoms with Gasteiger partial charge in [-0.25, -0.2) is 0 Å². The molecule has 0 atom stereocenters. The van der Waals surface area contributed by atoms with Gasteiger partial charge in [0.1, 0.15) is 0 Å². The molecule has 2 aromatic rings. The maximum absolute atomic E-state index is 10.6. The van der Waals surface area contributed by atoms with E-state index >= 15 is 0 Å². The lowest BCUT2D eigenvalue weighted by Gasteiger charge is -2.06. The predicted molar refractivity (Wildman–Crippen MR) is 88.9 cm³/mol. The molecule has 0 bridgehead atoms. The van der Waals surface area contributed by atoms with Crippen molar-refractivity contribution in [2.45, 2.75) is 27.7 Å². The van der Waals surface area contributed by atoms with E-state index in [1.165, 1.54) is 46.5 Å². The molecular weight excluding hydrogens is 276 g/mol. The molecular formula is C18H22N2O2. The lowest BCUT2D eigenvalue weighted by atomic mass is 10.0. The van der Waals surface area contributed by atoms with E-state index in [4.69, 9.17) is 11.5 Å². The number of nitrogens with two attached hydrogens (primary N) is 2. The average molecular weight is 298 g/mol. The van der Waals surface area contributed by atoms with Gasteiger partial charge in [0.15, 0.2) is 0 Å². The average Bonchev–Trinajstić information content (AvgIpc) is 2.50. The van der Waals surface area contributed by atoms with Crippen LogP contribution in [0.4, 0.5) is 0 Å². The minimum Gasteiger partial charge on any atom is -0.366 e. The Morgan fingerprint density at radius 1 is 0.636 bits per heavy atom. The van der Waals surface area contributed by atoms with Gasteiger partial charge in [-0.05, 0) is 74.2 Å². The van der Waals surface area contributed by atoms with Crippen molar-refractivity contribution in [2.24, 2.45) is 11.5 Å². The Bertz CT molecular complexity index is 629. The molecule has 0 spiro atoms. The van der Waals surface area contributed by atoms with Gasteiger partial charge in [0.2, 0.25) is 11.8 Å². The summed E-state index contributed by atoms with van der Waals surface area (Å²) in [5, 5.41) is 0. The van der Waals surface area contributed by atoms with E-state index in [1.807, 2.05) is 0 Å². The quantitative estimate of drug-likeness (QED) is 0.893. The smallest absolute Gasteiger partial charge is 0.248 e. The molecule has 4 nitrogen and oxygen atoms in total. The molecule has 0 saturated carbocycles. The topological polar surface area (TPSA) is 86.2 Å². The van der Waals surface area contributed by atoms with Crippen LogP contribution in [-0.2, 0) is 0 Å². The summed E-state index contributed by atoms with van der Waals surface area (Å²) in [5.74, 6) is -1.04. The first kappa shape index (κ1) is 17.4. The van der Waals surface area contributed by atoms with Gasteiger partial charge in [-0.2, -0.15) is 0 Å². The van der Waals surface area contributed by atoms with Gasteiger partial charge in [-0.1, -0.05) is 12.1 Å². The van der Waals surface area contributed by atoms with Crippen molar-refractivity contribution in [2.75, 3.05) is 0 Å². The van der Waals surface area contributed by atoms with Gasteiger partial charge in [-0.3, -0.25) is 9.59 Å². The zero-order valence-electron chi connectivity index (χ0n) is 13.4. The standard InChI is InChI=1S/C10H14.C8H8N2O2/c1-7-5-6-8(2)10(4)9(7)3;9-7(11)5-1-2-6(4-3-5)8(10)12/h5-6H,1-4H3;1-4H,(H2,9,11)(H2,10,12). The van der Waals surface area contributed by atoms with Crippen molar-refractivity contribution >= 4 is 11.8 Å². The van der Waals surface area contributed by atoms with Crippen molar-refractivity contribution < 1.29 is 9.59 Å². The number of aryl methyl sites for hydroxylation is 2. The number of carbonyl (C=O) groups excluding carboxylic acids is 2. The molecule has 0 unspecified atom stereocenters. The van der Waals surface area contributed by atoms with E-state index in [0.29, 0.717) is 11.1 Å². The summed E-state index contributed by atoms with van der Waals surface area (Å²) in [6.45, 7) is 8.67. The Balaban J connectivity index is 0.000000224. The van der Waals surface area contributed by atoms with Gasteiger partial charge in [-0.15, -0.1) is 0 Å². The van der Waals surface area contributed by atoms with Crippen molar-refractivity contribution in [3.8, 4) is 0 Å². The van der Waals surface area contributed by atoms with E-state index in [9.17, 15) is 9.59 Å². The fourth-order valence-electron chi connectivity index (χ4n) is 1.89. The Morgan fingerprint density at radius 3 is 1.14 bits per heavy atom. The molecule has 2 rings (SSSR count). The number of hydrogen-bond donors (Lipinski definition) is 2. The van der Waals surface area contributed by atoms with Crippen LogP contribution < -0.4 is 11.5 Å². The Labute approximate surface area is 131 Å². The van der Waals surface area contributed by atoms with Crippen LogP contribution in [0.3, 0.4) is 0 Å². The molecule has 0 heterocycles. The van der Waals surface area contributed by atoms with Gasteiger partial charge < -0.3 is 11.5 Å². The second-order valence-corrected chi connectivity index (χ2v) is 5.26. The van der Waals surface area contributed by atoms with Crippen LogP contribution in [0.5, 0.6) is 0 Å². The first-order chi connectivity index (χ1) is 10.2. The molecule has 0 fully saturated rings. The summed E-state index contributed by atoms with van der Waals surface area (Å²) in [5.41, 5.74) is 16.3. The van der Waals surface area contributed by atoms with E-state index < -0.39 is 11.8 Å². The van der Waals surface area contributed by atoms with Crippen LogP contribution in [-0.4, -0.2) is 11.8 Å². The number of amides is 2. The van der Waals surface area contributed by atoms with E-state index in [2.05, 4.69) is 39.8 Å². The maximum atomic E-state index is 10.6. The second-order valence-electron chi connectivity index (χ2n) is 5.26. The summed E-state index contributed by atoms with van der Waals surface area (Å²) >= 11 is 0. The van der Waals surface area contributed by atoms with Gasteiger partial charge in [0.05, 0.1) is 0 Å². The minimum atomic E-state index is -0.522. The summed E-state index contributed by atoms with van der Waals surface area (Å²) in [4.78, 5) is 21.2. The molecule has 116 valence electrons. The third-order valence-electron chi connectivity index (χ3n) is 3.78. The zero-order chi connectivity index (χ0) is 16.9. The van der Waals surface area contributed by atoms with Crippen molar-refractivity contribution in [3.63, 3.8) is 0 Å². The molecule has 0 aliphatic carbocycles. The maximum Gasteiger partial charge on any atom is 0.248 e. The largest absolute Gasteiger partial charge is 0.366 e. The summed E-state index contributed by atoms with van der Waals surface area (Å²) < 4.78 is 0. The molecule has 0 aliphatic heterocycles. The molecule has 4 N–H and O–H groups in total. The summed E-state index contributed by atoms with van der Waals surface area (Å²) in [6.07, 6.45) is 0. The molecule has 0 radical (unpaired) electrons. The normalized spacial score (nSPS) is 9.64. The second kappa shape index (κ2) is 7.41. The molecule has 22 heavy (non-hydrogen) atoms. The minimum absolute atomic E-state index is 0.361. The van der Waals surface area contributed by atoms with Crippen molar-refractivity contribution in [1.29, 1.82) is 0 Å². The van der Waals surface area contributed by atoms with Crippen LogP contribution in [0.2, 0.25) is 0 Å². The Morgan fingerprint density at radius 2 is 0.909 bits per heavy atom. The van der Waals surface area contributed by atoms with E-state index in [0.717, 1.165) is 0 Å². The van der Waals surface area contributed by atoms with Crippen molar-refractivity contribution in [3.05, 3.63) is 69.8 Å². The number of rotatable bonds is 2. The highest BCUT2D eigenvalue weighted by Crippen LogP contribution is 2.15. The summed E-state index contributed by atoms with van der Waals surface area (Å²) in [6, 6.07) is 10.2. The highest BCUT2D eigenvalue weighted by atomic mass is 16.1. The summed E-state index contributed by atoms with van der Waals surface area (Å²) in [7, 11) is 0. The monoisotopic (exact) mass is 298 g/mol. The first-order valence-corrected chi connectivity index (χ1v) is 6.97. The first-order valence-electron chi connectivity index (χ1n) is 6.97. The van der Waals surface area contributed by atoms with Crippen LogP contribution in [0.1, 0.15) is 43.0 Å². The third kappa shape index (κ3) is 4.45. The molecule has 4 heteroatoms.